The zero-order valence-electron chi connectivity index (χ0n) is 11.9. The Kier molecular flexibility index (Phi) is 4.82. The first kappa shape index (κ1) is 15.1. The minimum Gasteiger partial charge on any atom is -0.481 e. The number of rotatable bonds is 4. The zero-order chi connectivity index (χ0) is 14.7. The number of nitrogens with zero attached hydrogens (tertiary/aromatic N) is 2. The fraction of sp³-hybridized carbons (Fsp3) is 0.846. The van der Waals surface area contributed by atoms with Crippen LogP contribution in [0.3, 0.4) is 0 Å². The van der Waals surface area contributed by atoms with Gasteiger partial charge in [-0.15, -0.1) is 0 Å². The molecule has 2 aliphatic heterocycles. The van der Waals surface area contributed by atoms with Crippen molar-refractivity contribution in [2.45, 2.75) is 37.5 Å². The van der Waals surface area contributed by atoms with Crippen LogP contribution in [0.5, 0.6) is 0 Å². The summed E-state index contributed by atoms with van der Waals surface area (Å²) in [5.74, 6) is -0.861. The van der Waals surface area contributed by atoms with E-state index >= 15 is 0 Å². The molecule has 2 heterocycles. The molecule has 0 aromatic rings. The predicted molar refractivity (Wildman–Crippen MR) is 70.5 cm³/mol. The number of aliphatic carboxylic acids is 1. The Balaban J connectivity index is 1.98. The van der Waals surface area contributed by atoms with E-state index < -0.39 is 5.97 Å². The molecule has 2 amide bonds. The summed E-state index contributed by atoms with van der Waals surface area (Å²) in [5.41, 5.74) is 0. The SMILES string of the molecule is COC1CN(C(=O)N2CCCC2CC(=O)O)CC1OC. The third-order valence-electron chi connectivity index (χ3n) is 4.12. The van der Waals surface area contributed by atoms with E-state index in [2.05, 4.69) is 0 Å². The first-order chi connectivity index (χ1) is 9.56. The fourth-order valence-corrected chi connectivity index (χ4v) is 3.04. The van der Waals surface area contributed by atoms with E-state index in [4.69, 9.17) is 14.6 Å². The summed E-state index contributed by atoms with van der Waals surface area (Å²) < 4.78 is 10.6. The number of hydrogen-bond donors (Lipinski definition) is 1. The van der Waals surface area contributed by atoms with Gasteiger partial charge >= 0.3 is 12.0 Å². The van der Waals surface area contributed by atoms with Gasteiger partial charge in [-0.05, 0) is 12.8 Å². The zero-order valence-corrected chi connectivity index (χ0v) is 11.9. The summed E-state index contributed by atoms with van der Waals surface area (Å²) in [6.45, 7) is 1.61. The van der Waals surface area contributed by atoms with Gasteiger partial charge in [0.1, 0.15) is 12.2 Å². The van der Waals surface area contributed by atoms with Crippen LogP contribution in [-0.4, -0.2) is 79.0 Å². The third kappa shape index (κ3) is 3.04. The summed E-state index contributed by atoms with van der Waals surface area (Å²) in [6, 6.07) is -0.294. The molecular weight excluding hydrogens is 264 g/mol. The second-order valence-electron chi connectivity index (χ2n) is 5.32. The molecule has 3 atom stereocenters. The molecule has 2 fully saturated rings. The van der Waals surface area contributed by atoms with Gasteiger partial charge in [0.25, 0.3) is 0 Å². The van der Waals surface area contributed by atoms with Crippen LogP contribution < -0.4 is 0 Å². The Morgan fingerprint density at radius 1 is 1.20 bits per heavy atom. The van der Waals surface area contributed by atoms with E-state index in [1.165, 1.54) is 0 Å². The molecule has 0 aliphatic carbocycles. The number of carboxylic acids is 1. The number of methoxy groups -OCH3 is 2. The normalized spacial score (nSPS) is 30.0. The summed E-state index contributed by atoms with van der Waals surface area (Å²) in [6.07, 6.45) is 1.39. The highest BCUT2D eigenvalue weighted by atomic mass is 16.5. The largest absolute Gasteiger partial charge is 0.481 e. The standard InChI is InChI=1S/C13H22N2O5/c1-19-10-7-14(8-11(10)20-2)13(18)15-5-3-4-9(15)6-12(16)17/h9-11H,3-8H2,1-2H3,(H,16,17). The Morgan fingerprint density at radius 3 is 2.30 bits per heavy atom. The van der Waals surface area contributed by atoms with Crippen molar-refractivity contribution in [3.05, 3.63) is 0 Å². The van der Waals surface area contributed by atoms with Gasteiger partial charge in [-0.25, -0.2) is 4.79 Å². The number of carbonyl (C=O) groups is 2. The van der Waals surface area contributed by atoms with Crippen molar-refractivity contribution < 1.29 is 24.2 Å². The summed E-state index contributed by atoms with van der Waals surface area (Å²) in [4.78, 5) is 26.7. The van der Waals surface area contributed by atoms with Gasteiger partial charge in [0.2, 0.25) is 0 Å². The molecular formula is C13H22N2O5. The number of ether oxygens (including phenoxy) is 2. The number of urea groups is 1. The van der Waals surface area contributed by atoms with Crippen LogP contribution in [0, 0.1) is 0 Å². The monoisotopic (exact) mass is 286 g/mol. The second-order valence-corrected chi connectivity index (χ2v) is 5.32. The third-order valence-corrected chi connectivity index (χ3v) is 4.12. The molecule has 0 radical (unpaired) electrons. The van der Waals surface area contributed by atoms with Crippen molar-refractivity contribution in [2.24, 2.45) is 0 Å². The molecule has 20 heavy (non-hydrogen) atoms. The lowest BCUT2D eigenvalue weighted by molar-refractivity contribution is -0.138. The smallest absolute Gasteiger partial charge is 0.320 e. The highest BCUT2D eigenvalue weighted by Crippen LogP contribution is 2.24. The fourth-order valence-electron chi connectivity index (χ4n) is 3.04. The van der Waals surface area contributed by atoms with Gasteiger partial charge in [-0.2, -0.15) is 0 Å². The lowest BCUT2D eigenvalue weighted by Crippen LogP contribution is -2.45. The van der Waals surface area contributed by atoms with Crippen LogP contribution in [0.15, 0.2) is 0 Å². The summed E-state index contributed by atoms with van der Waals surface area (Å²) in [5, 5.41) is 8.91. The van der Waals surface area contributed by atoms with Crippen LogP contribution in [0.4, 0.5) is 4.79 Å². The van der Waals surface area contributed by atoms with Gasteiger partial charge in [0.15, 0.2) is 0 Å². The van der Waals surface area contributed by atoms with Gasteiger partial charge in [-0.1, -0.05) is 0 Å². The Bertz CT molecular complexity index is 364. The van der Waals surface area contributed by atoms with Gasteiger partial charge in [0.05, 0.1) is 19.5 Å². The van der Waals surface area contributed by atoms with E-state index in [1.807, 2.05) is 0 Å². The molecule has 2 rings (SSSR count). The van der Waals surface area contributed by atoms with Crippen LogP contribution in [0.25, 0.3) is 0 Å². The number of likely N-dealkylation sites (tertiary alicyclic amines) is 2. The Hall–Kier alpha value is -1.34. The maximum Gasteiger partial charge on any atom is 0.320 e. The average Bonchev–Trinajstić information content (AvgIpc) is 3.03. The van der Waals surface area contributed by atoms with Crippen LogP contribution >= 0.6 is 0 Å². The predicted octanol–water partition coefficient (Wildman–Crippen LogP) is 0.391. The van der Waals surface area contributed by atoms with Crippen LogP contribution in [0.1, 0.15) is 19.3 Å². The number of amides is 2. The molecule has 1 N–H and O–H groups in total. The molecule has 7 nitrogen and oxygen atoms in total. The molecule has 3 unspecified atom stereocenters. The van der Waals surface area contributed by atoms with E-state index in [0.717, 1.165) is 12.8 Å². The van der Waals surface area contributed by atoms with E-state index in [0.29, 0.717) is 19.6 Å². The number of hydrogen-bond acceptors (Lipinski definition) is 4. The van der Waals surface area contributed by atoms with Crippen molar-refractivity contribution >= 4 is 12.0 Å². The highest BCUT2D eigenvalue weighted by molar-refractivity contribution is 5.77. The maximum atomic E-state index is 12.5. The molecule has 0 spiro atoms. The topological polar surface area (TPSA) is 79.3 Å². The molecule has 0 aromatic heterocycles. The molecule has 2 aliphatic rings. The van der Waals surface area contributed by atoms with Crippen LogP contribution in [-0.2, 0) is 14.3 Å². The maximum absolute atomic E-state index is 12.5. The lowest BCUT2D eigenvalue weighted by atomic mass is 10.1. The molecule has 114 valence electrons. The number of carbonyl (C=O) groups excluding carboxylic acids is 1. The Labute approximate surface area is 118 Å². The van der Waals surface area contributed by atoms with Gasteiger partial charge in [-0.3, -0.25) is 4.79 Å². The van der Waals surface area contributed by atoms with Crippen molar-refractivity contribution in [3.63, 3.8) is 0 Å². The van der Waals surface area contributed by atoms with Crippen molar-refractivity contribution in [2.75, 3.05) is 33.9 Å². The van der Waals surface area contributed by atoms with E-state index in [9.17, 15) is 9.59 Å². The van der Waals surface area contributed by atoms with Gasteiger partial charge in [0, 0.05) is 26.8 Å². The Morgan fingerprint density at radius 2 is 1.80 bits per heavy atom. The van der Waals surface area contributed by atoms with Gasteiger partial charge < -0.3 is 24.4 Å². The summed E-state index contributed by atoms with van der Waals surface area (Å²) in [7, 11) is 3.21. The molecule has 0 aromatic carbocycles. The molecule has 0 saturated carbocycles. The quantitative estimate of drug-likeness (QED) is 0.809. The van der Waals surface area contributed by atoms with Crippen molar-refractivity contribution in [1.82, 2.24) is 9.80 Å². The lowest BCUT2D eigenvalue weighted by Gasteiger charge is -2.28. The second kappa shape index (κ2) is 6.41. The molecule has 0 bridgehead atoms. The van der Waals surface area contributed by atoms with Crippen LogP contribution in [0.2, 0.25) is 0 Å². The molecule has 7 heteroatoms. The van der Waals surface area contributed by atoms with Crippen molar-refractivity contribution in [3.8, 4) is 0 Å². The average molecular weight is 286 g/mol. The number of carboxylic acid groups (broad SMARTS) is 1. The van der Waals surface area contributed by atoms with E-state index in [1.54, 1.807) is 24.0 Å². The minimum atomic E-state index is -0.861. The first-order valence-electron chi connectivity index (χ1n) is 6.89. The highest BCUT2D eigenvalue weighted by Gasteiger charge is 2.40. The minimum absolute atomic E-state index is 0.0149. The van der Waals surface area contributed by atoms with E-state index in [-0.39, 0.29) is 30.7 Å². The first-order valence-corrected chi connectivity index (χ1v) is 6.89. The summed E-state index contributed by atoms with van der Waals surface area (Å²) >= 11 is 0. The molecule has 2 saturated heterocycles. The van der Waals surface area contributed by atoms with Crippen molar-refractivity contribution in [1.29, 1.82) is 0 Å².